The van der Waals surface area contributed by atoms with Crippen LogP contribution in [0.1, 0.15) is 44.4 Å². The van der Waals surface area contributed by atoms with Gasteiger partial charge in [-0.3, -0.25) is 4.68 Å². The number of carbonyl (C=O) groups excluding carboxylic acids is 1. The molecule has 0 radical (unpaired) electrons. The molecule has 0 saturated carbocycles. The summed E-state index contributed by atoms with van der Waals surface area (Å²) in [6, 6.07) is 9.08. The third-order valence-electron chi connectivity index (χ3n) is 4.80. The number of nitrogens with zero attached hydrogens (tertiary/aromatic N) is 3. The van der Waals surface area contributed by atoms with Crippen LogP contribution in [0.4, 0.5) is 13.6 Å². The normalized spacial score (nSPS) is 19.1. The maximum absolute atomic E-state index is 14.6. The van der Waals surface area contributed by atoms with E-state index in [1.165, 1.54) is 4.90 Å². The van der Waals surface area contributed by atoms with Crippen LogP contribution in [0.15, 0.2) is 36.5 Å². The van der Waals surface area contributed by atoms with Crippen LogP contribution in [0.5, 0.6) is 5.75 Å². The number of hydrogen-bond acceptors (Lipinski definition) is 4. The SMILES string of the molecule is COc1ccc(Cn2ccc(C3CN(C(=O)OC(C)(C)C)CCC3(F)F)n2)cc1. The molecule has 0 aliphatic carbocycles. The second-order valence-corrected chi connectivity index (χ2v) is 8.28. The van der Waals surface area contributed by atoms with Crippen molar-refractivity contribution in [3.63, 3.8) is 0 Å². The second-order valence-electron chi connectivity index (χ2n) is 8.28. The van der Waals surface area contributed by atoms with Crippen LogP contribution in [-0.4, -0.2) is 52.5 Å². The van der Waals surface area contributed by atoms with Crippen molar-refractivity contribution in [2.45, 2.75) is 51.2 Å². The molecule has 0 bridgehead atoms. The van der Waals surface area contributed by atoms with Gasteiger partial charge in [0.1, 0.15) is 11.4 Å². The summed E-state index contributed by atoms with van der Waals surface area (Å²) in [5, 5.41) is 4.36. The highest BCUT2D eigenvalue weighted by Crippen LogP contribution is 2.40. The van der Waals surface area contributed by atoms with Crippen LogP contribution in [0.25, 0.3) is 0 Å². The number of hydrogen-bond donors (Lipinski definition) is 0. The van der Waals surface area contributed by atoms with E-state index in [0.717, 1.165) is 11.3 Å². The van der Waals surface area contributed by atoms with Crippen LogP contribution >= 0.6 is 0 Å². The third kappa shape index (κ3) is 5.25. The van der Waals surface area contributed by atoms with Gasteiger partial charge >= 0.3 is 6.09 Å². The first-order valence-corrected chi connectivity index (χ1v) is 9.59. The van der Waals surface area contributed by atoms with Gasteiger partial charge in [0.05, 0.1) is 25.3 Å². The Balaban J connectivity index is 1.72. The molecule has 1 aromatic heterocycles. The van der Waals surface area contributed by atoms with Crippen molar-refractivity contribution in [1.82, 2.24) is 14.7 Å². The number of aromatic nitrogens is 2. The molecule has 1 aromatic carbocycles. The summed E-state index contributed by atoms with van der Waals surface area (Å²) in [5.41, 5.74) is 0.579. The van der Waals surface area contributed by atoms with E-state index in [1.807, 2.05) is 24.3 Å². The lowest BCUT2D eigenvalue weighted by atomic mass is 9.91. The molecule has 1 fully saturated rings. The van der Waals surface area contributed by atoms with E-state index in [9.17, 15) is 13.6 Å². The first kappa shape index (κ1) is 21.1. The number of piperidine rings is 1. The first-order chi connectivity index (χ1) is 13.6. The summed E-state index contributed by atoms with van der Waals surface area (Å²) in [7, 11) is 1.60. The van der Waals surface area contributed by atoms with E-state index in [1.54, 1.807) is 44.8 Å². The average molecular weight is 407 g/mol. The number of ether oxygens (including phenoxy) is 2. The Morgan fingerprint density at radius 1 is 1.24 bits per heavy atom. The minimum absolute atomic E-state index is 0.0367. The lowest BCUT2D eigenvalue weighted by Gasteiger charge is -2.38. The highest BCUT2D eigenvalue weighted by molar-refractivity contribution is 5.68. The molecule has 6 nitrogen and oxygen atoms in total. The number of benzene rings is 1. The molecule has 29 heavy (non-hydrogen) atoms. The summed E-state index contributed by atoms with van der Waals surface area (Å²) in [6.07, 6.45) is 0.695. The first-order valence-electron chi connectivity index (χ1n) is 9.59. The number of rotatable bonds is 4. The van der Waals surface area contributed by atoms with Crippen molar-refractivity contribution in [2.75, 3.05) is 20.2 Å². The molecule has 158 valence electrons. The maximum Gasteiger partial charge on any atom is 0.410 e. The number of halogens is 2. The average Bonchev–Trinajstić information content (AvgIpc) is 3.08. The zero-order valence-corrected chi connectivity index (χ0v) is 17.2. The molecule has 1 atom stereocenters. The Bertz CT molecular complexity index is 844. The smallest absolute Gasteiger partial charge is 0.410 e. The van der Waals surface area contributed by atoms with Gasteiger partial charge in [0.15, 0.2) is 0 Å². The minimum Gasteiger partial charge on any atom is -0.497 e. The Hall–Kier alpha value is -2.64. The molecule has 2 aromatic rings. The molecule has 3 rings (SSSR count). The van der Waals surface area contributed by atoms with Crippen LogP contribution in [-0.2, 0) is 11.3 Å². The summed E-state index contributed by atoms with van der Waals surface area (Å²) >= 11 is 0. The van der Waals surface area contributed by atoms with Crippen molar-refractivity contribution in [3.05, 3.63) is 47.8 Å². The van der Waals surface area contributed by atoms with Gasteiger partial charge in [0.25, 0.3) is 5.92 Å². The van der Waals surface area contributed by atoms with Gasteiger partial charge in [-0.2, -0.15) is 5.10 Å². The number of amides is 1. The Morgan fingerprint density at radius 2 is 1.93 bits per heavy atom. The van der Waals surface area contributed by atoms with E-state index in [2.05, 4.69) is 5.10 Å². The van der Waals surface area contributed by atoms with Gasteiger partial charge < -0.3 is 14.4 Å². The topological polar surface area (TPSA) is 56.6 Å². The molecule has 1 amide bonds. The number of likely N-dealkylation sites (tertiary alicyclic amines) is 1. The highest BCUT2D eigenvalue weighted by Gasteiger charge is 2.47. The molecule has 1 aliphatic rings. The fourth-order valence-corrected chi connectivity index (χ4v) is 3.27. The van der Waals surface area contributed by atoms with E-state index in [0.29, 0.717) is 6.54 Å². The standard InChI is InChI=1S/C21H27F2N3O3/c1-20(2,3)29-19(27)25-12-10-21(22,23)17(14-25)18-9-11-26(24-18)13-15-5-7-16(28-4)8-6-15/h5-9,11,17H,10,12-14H2,1-4H3. The zero-order valence-electron chi connectivity index (χ0n) is 17.2. The zero-order chi connectivity index (χ0) is 21.2. The lowest BCUT2D eigenvalue weighted by Crippen LogP contribution is -2.49. The monoisotopic (exact) mass is 407 g/mol. The summed E-state index contributed by atoms with van der Waals surface area (Å²) in [5.74, 6) is -3.35. The van der Waals surface area contributed by atoms with Gasteiger partial charge in [0.2, 0.25) is 0 Å². The number of carbonyl (C=O) groups is 1. The largest absolute Gasteiger partial charge is 0.497 e. The van der Waals surface area contributed by atoms with Crippen LogP contribution in [0, 0.1) is 0 Å². The number of methoxy groups -OCH3 is 1. The summed E-state index contributed by atoms with van der Waals surface area (Å²) < 4.78 is 41.3. The quantitative estimate of drug-likeness (QED) is 0.758. The van der Waals surface area contributed by atoms with Gasteiger partial charge in [-0.05, 0) is 44.5 Å². The molecular formula is C21H27F2N3O3. The van der Waals surface area contributed by atoms with Gasteiger partial charge in [-0.1, -0.05) is 12.1 Å². The van der Waals surface area contributed by atoms with Crippen molar-refractivity contribution < 1.29 is 23.0 Å². The Morgan fingerprint density at radius 3 is 2.55 bits per heavy atom. The van der Waals surface area contributed by atoms with Crippen molar-refractivity contribution in [3.8, 4) is 5.75 Å². The molecule has 1 aliphatic heterocycles. The third-order valence-corrected chi connectivity index (χ3v) is 4.80. The van der Waals surface area contributed by atoms with Crippen molar-refractivity contribution >= 4 is 6.09 Å². The van der Waals surface area contributed by atoms with E-state index >= 15 is 0 Å². The van der Waals surface area contributed by atoms with Crippen molar-refractivity contribution in [1.29, 1.82) is 0 Å². The molecule has 1 unspecified atom stereocenters. The van der Waals surface area contributed by atoms with Gasteiger partial charge in [-0.25, -0.2) is 13.6 Å². The van der Waals surface area contributed by atoms with Gasteiger partial charge in [0, 0.05) is 25.7 Å². The Labute approximate surface area is 169 Å². The summed E-state index contributed by atoms with van der Waals surface area (Å²) in [6.45, 7) is 5.55. The predicted molar refractivity (Wildman–Crippen MR) is 104 cm³/mol. The van der Waals surface area contributed by atoms with E-state index < -0.39 is 30.0 Å². The molecule has 0 N–H and O–H groups in total. The van der Waals surface area contributed by atoms with Crippen molar-refractivity contribution in [2.24, 2.45) is 0 Å². The fraction of sp³-hybridized carbons (Fsp3) is 0.524. The maximum atomic E-state index is 14.6. The highest BCUT2D eigenvalue weighted by atomic mass is 19.3. The lowest BCUT2D eigenvalue weighted by molar-refractivity contribution is -0.0782. The molecule has 0 spiro atoms. The van der Waals surface area contributed by atoms with E-state index in [4.69, 9.17) is 9.47 Å². The van der Waals surface area contributed by atoms with Crippen LogP contribution in [0.3, 0.4) is 0 Å². The number of alkyl halides is 2. The van der Waals surface area contributed by atoms with Gasteiger partial charge in [-0.15, -0.1) is 0 Å². The summed E-state index contributed by atoms with van der Waals surface area (Å²) in [4.78, 5) is 13.7. The second kappa shape index (κ2) is 8.00. The Kier molecular flexibility index (Phi) is 5.82. The van der Waals surface area contributed by atoms with Crippen LogP contribution < -0.4 is 4.74 Å². The minimum atomic E-state index is -2.93. The molecule has 1 saturated heterocycles. The predicted octanol–water partition coefficient (Wildman–Crippen LogP) is 4.30. The molecule has 2 heterocycles. The molecular weight excluding hydrogens is 380 g/mol. The van der Waals surface area contributed by atoms with E-state index in [-0.39, 0.29) is 18.8 Å². The molecule has 8 heteroatoms. The van der Waals surface area contributed by atoms with Crippen LogP contribution in [0.2, 0.25) is 0 Å². The fourth-order valence-electron chi connectivity index (χ4n) is 3.27.